The topological polar surface area (TPSA) is 93.7 Å². The molecule has 3 aromatic rings. The summed E-state index contributed by atoms with van der Waals surface area (Å²) in [5, 5.41) is 20.4. The third-order valence-electron chi connectivity index (χ3n) is 4.63. The van der Waals surface area contributed by atoms with Crippen LogP contribution < -0.4 is 10.2 Å². The molecule has 7 nitrogen and oxygen atoms in total. The molecule has 1 heterocycles. The van der Waals surface area contributed by atoms with Gasteiger partial charge in [-0.25, -0.2) is 0 Å². The van der Waals surface area contributed by atoms with Gasteiger partial charge >= 0.3 is 0 Å². The van der Waals surface area contributed by atoms with Gasteiger partial charge in [-0.3, -0.25) is 9.78 Å². The third kappa shape index (κ3) is 5.97. The summed E-state index contributed by atoms with van der Waals surface area (Å²) in [6.45, 7) is 4.86. The molecule has 0 aliphatic heterocycles. The Morgan fingerprint density at radius 3 is 2.58 bits per heavy atom. The number of aromatic nitrogens is 1. The second-order valence-electron chi connectivity index (χ2n) is 6.83. The normalized spacial score (nSPS) is 10.6. The molecule has 1 amide bonds. The van der Waals surface area contributed by atoms with Crippen LogP contribution in [0.15, 0.2) is 77.1 Å². The third-order valence-corrected chi connectivity index (χ3v) is 4.63. The average molecular weight is 412 g/mol. The van der Waals surface area contributed by atoms with E-state index in [0.29, 0.717) is 30.0 Å². The van der Waals surface area contributed by atoms with Crippen molar-refractivity contribution in [3.8, 4) is 17.3 Å². The smallest absolute Gasteiger partial charge is 0.221 e. The zero-order valence-corrected chi connectivity index (χ0v) is 17.6. The number of amides is 1. The SMILES string of the molecule is CCN(CCC#N)c1ccc(N=Nc2ccc(-c3ccccn3)cc2)c(NC(C)=O)c1. The molecule has 1 N–H and O–H groups in total. The highest BCUT2D eigenvalue weighted by molar-refractivity contribution is 5.93. The fourth-order valence-corrected chi connectivity index (χ4v) is 3.10. The van der Waals surface area contributed by atoms with Gasteiger partial charge in [-0.15, -0.1) is 5.11 Å². The summed E-state index contributed by atoms with van der Waals surface area (Å²) in [7, 11) is 0. The Hall–Kier alpha value is -4.05. The molecule has 0 unspecified atom stereocenters. The van der Waals surface area contributed by atoms with Crippen LogP contribution in [0.1, 0.15) is 20.3 Å². The molecule has 0 atom stereocenters. The van der Waals surface area contributed by atoms with E-state index in [1.54, 1.807) is 6.20 Å². The first kappa shape index (κ1) is 21.7. The molecule has 0 spiro atoms. The number of nitrogens with one attached hydrogen (secondary N) is 1. The van der Waals surface area contributed by atoms with E-state index in [-0.39, 0.29) is 5.91 Å². The first-order valence-electron chi connectivity index (χ1n) is 10.1. The van der Waals surface area contributed by atoms with Crippen LogP contribution in [-0.2, 0) is 4.79 Å². The number of azo groups is 1. The Balaban J connectivity index is 1.83. The van der Waals surface area contributed by atoms with Crippen LogP contribution in [0, 0.1) is 11.3 Å². The van der Waals surface area contributed by atoms with Gasteiger partial charge in [0.2, 0.25) is 5.91 Å². The largest absolute Gasteiger partial charge is 0.371 e. The lowest BCUT2D eigenvalue weighted by Crippen LogP contribution is -2.23. The molecule has 3 rings (SSSR count). The van der Waals surface area contributed by atoms with Gasteiger partial charge in [-0.05, 0) is 49.4 Å². The first-order valence-corrected chi connectivity index (χ1v) is 10.1. The van der Waals surface area contributed by atoms with E-state index in [1.165, 1.54) is 6.92 Å². The van der Waals surface area contributed by atoms with Crippen LogP contribution in [0.5, 0.6) is 0 Å². The van der Waals surface area contributed by atoms with Crippen molar-refractivity contribution < 1.29 is 4.79 Å². The van der Waals surface area contributed by atoms with E-state index in [0.717, 1.165) is 23.5 Å². The van der Waals surface area contributed by atoms with E-state index in [4.69, 9.17) is 5.26 Å². The molecule has 0 saturated heterocycles. The summed E-state index contributed by atoms with van der Waals surface area (Å²) in [4.78, 5) is 18.1. The fourth-order valence-electron chi connectivity index (χ4n) is 3.10. The van der Waals surface area contributed by atoms with Crippen molar-refractivity contribution in [1.82, 2.24) is 4.98 Å². The molecular formula is C24H24N6O. The maximum absolute atomic E-state index is 11.7. The van der Waals surface area contributed by atoms with Gasteiger partial charge < -0.3 is 10.2 Å². The highest BCUT2D eigenvalue weighted by atomic mass is 16.1. The summed E-state index contributed by atoms with van der Waals surface area (Å²) < 4.78 is 0. The van der Waals surface area contributed by atoms with Crippen molar-refractivity contribution in [2.45, 2.75) is 20.3 Å². The molecular weight excluding hydrogens is 388 g/mol. The van der Waals surface area contributed by atoms with Crippen molar-refractivity contribution in [1.29, 1.82) is 5.26 Å². The predicted molar refractivity (Wildman–Crippen MR) is 123 cm³/mol. The van der Waals surface area contributed by atoms with E-state index in [9.17, 15) is 4.79 Å². The van der Waals surface area contributed by atoms with Crippen LogP contribution in [0.3, 0.4) is 0 Å². The second kappa shape index (κ2) is 10.6. The lowest BCUT2D eigenvalue weighted by molar-refractivity contribution is -0.114. The van der Waals surface area contributed by atoms with Crippen LogP contribution in [0.25, 0.3) is 11.3 Å². The summed E-state index contributed by atoms with van der Waals surface area (Å²) in [5.74, 6) is -0.187. The van der Waals surface area contributed by atoms with Gasteiger partial charge in [0.15, 0.2) is 0 Å². The minimum absolute atomic E-state index is 0.187. The van der Waals surface area contributed by atoms with E-state index in [1.807, 2.05) is 67.6 Å². The number of nitriles is 1. The molecule has 0 bridgehead atoms. The number of anilines is 2. The number of benzene rings is 2. The molecule has 156 valence electrons. The first-order chi connectivity index (χ1) is 15.1. The minimum atomic E-state index is -0.187. The molecule has 0 saturated carbocycles. The van der Waals surface area contributed by atoms with E-state index in [2.05, 4.69) is 31.5 Å². The average Bonchev–Trinajstić information content (AvgIpc) is 2.79. The van der Waals surface area contributed by atoms with Crippen LogP contribution in [0.2, 0.25) is 0 Å². The molecule has 0 aliphatic rings. The Kier molecular flexibility index (Phi) is 7.44. The predicted octanol–water partition coefficient (Wildman–Crippen LogP) is 5.86. The zero-order chi connectivity index (χ0) is 22.1. The quantitative estimate of drug-likeness (QED) is 0.469. The highest BCUT2D eigenvalue weighted by Gasteiger charge is 2.10. The molecule has 0 fully saturated rings. The number of hydrogen-bond acceptors (Lipinski definition) is 6. The van der Waals surface area contributed by atoms with Crippen LogP contribution >= 0.6 is 0 Å². The summed E-state index contributed by atoms with van der Waals surface area (Å²) in [6.07, 6.45) is 2.19. The van der Waals surface area contributed by atoms with Crippen LogP contribution in [0.4, 0.5) is 22.7 Å². The Labute approximate surface area is 182 Å². The van der Waals surface area contributed by atoms with Crippen molar-refractivity contribution in [2.24, 2.45) is 10.2 Å². The second-order valence-corrected chi connectivity index (χ2v) is 6.83. The molecule has 1 aromatic heterocycles. The van der Waals surface area contributed by atoms with Crippen molar-refractivity contribution >= 4 is 28.7 Å². The highest BCUT2D eigenvalue weighted by Crippen LogP contribution is 2.32. The number of carbonyl (C=O) groups excluding carboxylic acids is 1. The van der Waals surface area contributed by atoms with Gasteiger partial charge in [0, 0.05) is 37.5 Å². The van der Waals surface area contributed by atoms with Gasteiger partial charge in [0.25, 0.3) is 0 Å². The molecule has 2 aromatic carbocycles. The number of rotatable bonds is 8. The Morgan fingerprint density at radius 1 is 1.13 bits per heavy atom. The minimum Gasteiger partial charge on any atom is -0.371 e. The van der Waals surface area contributed by atoms with Gasteiger partial charge in [-0.2, -0.15) is 10.4 Å². The Bertz CT molecular complexity index is 1090. The molecule has 0 radical (unpaired) electrons. The Morgan fingerprint density at radius 2 is 1.94 bits per heavy atom. The number of carbonyl (C=O) groups is 1. The molecule has 0 aliphatic carbocycles. The maximum atomic E-state index is 11.7. The van der Waals surface area contributed by atoms with Gasteiger partial charge in [0.1, 0.15) is 5.69 Å². The van der Waals surface area contributed by atoms with E-state index >= 15 is 0 Å². The maximum Gasteiger partial charge on any atom is 0.221 e. The molecule has 7 heteroatoms. The monoisotopic (exact) mass is 412 g/mol. The lowest BCUT2D eigenvalue weighted by atomic mass is 10.1. The number of hydrogen-bond donors (Lipinski definition) is 1. The van der Waals surface area contributed by atoms with Crippen LogP contribution in [-0.4, -0.2) is 24.0 Å². The number of nitrogens with zero attached hydrogens (tertiary/aromatic N) is 5. The van der Waals surface area contributed by atoms with Crippen molar-refractivity contribution in [2.75, 3.05) is 23.3 Å². The van der Waals surface area contributed by atoms with Crippen molar-refractivity contribution in [3.05, 3.63) is 66.9 Å². The fraction of sp³-hybridized carbons (Fsp3) is 0.208. The lowest BCUT2D eigenvalue weighted by Gasteiger charge is -2.23. The zero-order valence-electron chi connectivity index (χ0n) is 17.6. The van der Waals surface area contributed by atoms with Gasteiger partial charge in [-0.1, -0.05) is 18.2 Å². The number of pyridine rings is 1. The van der Waals surface area contributed by atoms with E-state index < -0.39 is 0 Å². The molecule has 31 heavy (non-hydrogen) atoms. The standard InChI is InChI=1S/C24H24N6O/c1-3-30(16-6-14-25)21-12-13-23(24(17-21)27-18(2)31)29-28-20-10-8-19(9-11-20)22-7-4-5-15-26-22/h4-5,7-13,15,17H,3,6,16H2,1-2H3,(H,27,31). The van der Waals surface area contributed by atoms with Gasteiger partial charge in [0.05, 0.1) is 29.6 Å². The summed E-state index contributed by atoms with van der Waals surface area (Å²) in [6, 6.07) is 21.2. The summed E-state index contributed by atoms with van der Waals surface area (Å²) >= 11 is 0. The van der Waals surface area contributed by atoms with Crippen molar-refractivity contribution in [3.63, 3.8) is 0 Å². The summed E-state index contributed by atoms with van der Waals surface area (Å²) in [5.41, 5.74) is 4.64.